The van der Waals surface area contributed by atoms with E-state index in [1.165, 1.54) is 6.07 Å². The Morgan fingerprint density at radius 2 is 2.32 bits per heavy atom. The molecule has 6 nitrogen and oxygen atoms in total. The number of nitrogens with one attached hydrogen (secondary N) is 1. The Kier molecular flexibility index (Phi) is 3.48. The maximum atomic E-state index is 10.7. The maximum Gasteiger partial charge on any atom is 0.371 e. The second-order valence-electron chi connectivity index (χ2n) is 3.92. The van der Waals surface area contributed by atoms with Crippen molar-refractivity contribution in [3.05, 3.63) is 47.0 Å². The second kappa shape index (κ2) is 5.23. The highest BCUT2D eigenvalue weighted by molar-refractivity contribution is 5.84. The van der Waals surface area contributed by atoms with Crippen molar-refractivity contribution in [2.45, 2.75) is 13.5 Å². The fourth-order valence-corrected chi connectivity index (χ4v) is 1.59. The largest absolute Gasteiger partial charge is 0.475 e. The zero-order valence-corrected chi connectivity index (χ0v) is 10.2. The van der Waals surface area contributed by atoms with Crippen LogP contribution >= 0.6 is 0 Å². The third-order valence-electron chi connectivity index (χ3n) is 2.40. The predicted molar refractivity (Wildman–Crippen MR) is 66.7 cm³/mol. The minimum atomic E-state index is -1.10. The molecule has 2 rings (SSSR count). The van der Waals surface area contributed by atoms with Crippen LogP contribution in [0.5, 0.6) is 0 Å². The molecule has 0 fully saturated rings. The second-order valence-corrected chi connectivity index (χ2v) is 3.92. The number of carboxylic acids is 1. The summed E-state index contributed by atoms with van der Waals surface area (Å²) in [6.45, 7) is 2.09. The van der Waals surface area contributed by atoms with Gasteiger partial charge in [-0.05, 0) is 31.2 Å². The van der Waals surface area contributed by atoms with E-state index in [0.717, 1.165) is 5.69 Å². The molecule has 0 bridgehead atoms. The maximum absolute atomic E-state index is 10.7. The summed E-state index contributed by atoms with van der Waals surface area (Å²) in [5.74, 6) is -0.178. The fraction of sp³-hybridized carbons (Fsp3) is 0.154. The van der Waals surface area contributed by atoms with Crippen molar-refractivity contribution >= 4 is 11.8 Å². The van der Waals surface area contributed by atoms with Gasteiger partial charge in [0.05, 0.1) is 18.2 Å². The molecule has 0 aliphatic heterocycles. The van der Waals surface area contributed by atoms with Gasteiger partial charge in [-0.25, -0.2) is 9.78 Å². The Balaban J connectivity index is 2.08. The van der Waals surface area contributed by atoms with Crippen LogP contribution in [0, 0.1) is 18.3 Å². The molecular weight excluding hydrogens is 246 g/mol. The van der Waals surface area contributed by atoms with Gasteiger partial charge in [-0.1, -0.05) is 0 Å². The molecule has 0 saturated heterocycles. The van der Waals surface area contributed by atoms with Crippen molar-refractivity contribution in [3.63, 3.8) is 0 Å². The van der Waals surface area contributed by atoms with Crippen LogP contribution < -0.4 is 5.32 Å². The SMILES string of the molecule is Cc1cc(C#N)cc(NCc2ccc(C(=O)O)o2)n1. The van der Waals surface area contributed by atoms with Gasteiger partial charge >= 0.3 is 5.97 Å². The number of furan rings is 1. The van der Waals surface area contributed by atoms with E-state index < -0.39 is 5.97 Å². The highest BCUT2D eigenvalue weighted by Crippen LogP contribution is 2.13. The predicted octanol–water partition coefficient (Wildman–Crippen LogP) is 2.17. The van der Waals surface area contributed by atoms with Crippen LogP contribution in [0.2, 0.25) is 0 Å². The summed E-state index contributed by atoms with van der Waals surface area (Å²) < 4.78 is 5.10. The molecule has 0 saturated carbocycles. The van der Waals surface area contributed by atoms with Gasteiger partial charge in [0.1, 0.15) is 11.6 Å². The smallest absolute Gasteiger partial charge is 0.371 e. The van der Waals surface area contributed by atoms with Gasteiger partial charge in [0.15, 0.2) is 0 Å². The van der Waals surface area contributed by atoms with Crippen LogP contribution in [0.15, 0.2) is 28.7 Å². The number of nitrogens with zero attached hydrogens (tertiary/aromatic N) is 2. The molecule has 96 valence electrons. The van der Waals surface area contributed by atoms with Gasteiger partial charge in [-0.3, -0.25) is 0 Å². The highest BCUT2D eigenvalue weighted by Gasteiger charge is 2.08. The molecular formula is C13H11N3O3. The van der Waals surface area contributed by atoms with E-state index >= 15 is 0 Å². The summed E-state index contributed by atoms with van der Waals surface area (Å²) in [4.78, 5) is 14.9. The first kappa shape index (κ1) is 12.6. The van der Waals surface area contributed by atoms with E-state index in [9.17, 15) is 4.79 Å². The first-order valence-electron chi connectivity index (χ1n) is 5.53. The number of aromatic nitrogens is 1. The minimum Gasteiger partial charge on any atom is -0.475 e. The zero-order chi connectivity index (χ0) is 13.8. The van der Waals surface area contributed by atoms with E-state index in [1.807, 2.05) is 6.07 Å². The van der Waals surface area contributed by atoms with Crippen LogP contribution in [0.4, 0.5) is 5.82 Å². The average molecular weight is 257 g/mol. The summed E-state index contributed by atoms with van der Waals surface area (Å²) in [6, 6.07) is 8.32. The Bertz CT molecular complexity index is 655. The molecule has 0 atom stereocenters. The molecule has 2 N–H and O–H groups in total. The molecule has 0 aliphatic carbocycles. The Morgan fingerprint density at radius 3 is 2.95 bits per heavy atom. The van der Waals surface area contributed by atoms with Crippen LogP contribution in [0.25, 0.3) is 0 Å². The molecule has 0 aromatic carbocycles. The van der Waals surface area contributed by atoms with Crippen molar-refractivity contribution in [2.24, 2.45) is 0 Å². The highest BCUT2D eigenvalue weighted by atomic mass is 16.4. The number of hydrogen-bond donors (Lipinski definition) is 2. The molecule has 0 aliphatic rings. The van der Waals surface area contributed by atoms with Crippen LogP contribution in [0.3, 0.4) is 0 Å². The standard InChI is InChI=1S/C13H11N3O3/c1-8-4-9(6-14)5-12(16-8)15-7-10-2-3-11(19-10)13(17)18/h2-5H,7H2,1H3,(H,15,16)(H,17,18). The lowest BCUT2D eigenvalue weighted by molar-refractivity contribution is 0.0660. The van der Waals surface area contributed by atoms with Gasteiger partial charge in [0.25, 0.3) is 0 Å². The summed E-state index contributed by atoms with van der Waals surface area (Å²) in [6.07, 6.45) is 0. The van der Waals surface area contributed by atoms with E-state index in [2.05, 4.69) is 10.3 Å². The fourth-order valence-electron chi connectivity index (χ4n) is 1.59. The van der Waals surface area contributed by atoms with E-state index in [-0.39, 0.29) is 5.76 Å². The number of carbonyl (C=O) groups is 1. The lowest BCUT2D eigenvalue weighted by Gasteiger charge is -2.05. The number of aromatic carboxylic acids is 1. The minimum absolute atomic E-state index is 0.105. The van der Waals surface area contributed by atoms with Crippen molar-refractivity contribution < 1.29 is 14.3 Å². The molecule has 2 aromatic rings. The van der Waals surface area contributed by atoms with Crippen molar-refractivity contribution in [1.82, 2.24) is 4.98 Å². The first-order chi connectivity index (χ1) is 9.08. The first-order valence-corrected chi connectivity index (χ1v) is 5.53. The topological polar surface area (TPSA) is 99.2 Å². The van der Waals surface area contributed by atoms with Gasteiger partial charge < -0.3 is 14.8 Å². The molecule has 2 aromatic heterocycles. The van der Waals surface area contributed by atoms with Crippen molar-refractivity contribution in [1.29, 1.82) is 5.26 Å². The molecule has 2 heterocycles. The summed E-state index contributed by atoms with van der Waals surface area (Å²) in [5, 5.41) is 20.6. The summed E-state index contributed by atoms with van der Waals surface area (Å²) in [5.41, 5.74) is 1.24. The van der Waals surface area contributed by atoms with Crippen molar-refractivity contribution in [2.75, 3.05) is 5.32 Å². The van der Waals surface area contributed by atoms with Crippen LogP contribution in [0.1, 0.15) is 27.6 Å². The molecule has 0 radical (unpaired) electrons. The Labute approximate surface area is 109 Å². The molecule has 19 heavy (non-hydrogen) atoms. The normalized spacial score (nSPS) is 9.89. The number of hydrogen-bond acceptors (Lipinski definition) is 5. The van der Waals surface area contributed by atoms with Gasteiger partial charge in [-0.15, -0.1) is 0 Å². The average Bonchev–Trinajstić information content (AvgIpc) is 2.84. The van der Waals surface area contributed by atoms with Gasteiger partial charge in [-0.2, -0.15) is 5.26 Å². The number of carboxylic acid groups (broad SMARTS) is 1. The number of nitriles is 1. The van der Waals surface area contributed by atoms with Crippen LogP contribution in [-0.2, 0) is 6.54 Å². The molecule has 6 heteroatoms. The van der Waals surface area contributed by atoms with Crippen molar-refractivity contribution in [3.8, 4) is 6.07 Å². The van der Waals surface area contributed by atoms with E-state index in [4.69, 9.17) is 14.8 Å². The number of anilines is 1. The lowest BCUT2D eigenvalue weighted by Crippen LogP contribution is -2.02. The monoisotopic (exact) mass is 257 g/mol. The quantitative estimate of drug-likeness (QED) is 0.870. The van der Waals surface area contributed by atoms with E-state index in [1.54, 1.807) is 25.1 Å². The zero-order valence-electron chi connectivity index (χ0n) is 10.2. The Hall–Kier alpha value is -2.81. The lowest BCUT2D eigenvalue weighted by atomic mass is 10.2. The number of pyridine rings is 1. The van der Waals surface area contributed by atoms with E-state index in [0.29, 0.717) is 23.7 Å². The summed E-state index contributed by atoms with van der Waals surface area (Å²) in [7, 11) is 0. The number of aryl methyl sites for hydroxylation is 1. The number of rotatable bonds is 4. The third kappa shape index (κ3) is 3.10. The van der Waals surface area contributed by atoms with Gasteiger partial charge in [0.2, 0.25) is 5.76 Å². The molecule has 0 spiro atoms. The third-order valence-corrected chi connectivity index (χ3v) is 2.40. The van der Waals surface area contributed by atoms with Crippen LogP contribution in [-0.4, -0.2) is 16.1 Å². The molecule has 0 amide bonds. The Morgan fingerprint density at radius 1 is 1.53 bits per heavy atom. The van der Waals surface area contributed by atoms with Gasteiger partial charge in [0, 0.05) is 5.69 Å². The molecule has 0 unspecified atom stereocenters. The summed E-state index contributed by atoms with van der Waals surface area (Å²) >= 11 is 0.